The zero-order valence-electron chi connectivity index (χ0n) is 10.7. The molecule has 112 valence electrons. The van der Waals surface area contributed by atoms with Crippen molar-refractivity contribution in [1.29, 1.82) is 0 Å². The van der Waals surface area contributed by atoms with E-state index in [1.54, 1.807) is 0 Å². The fourth-order valence-electron chi connectivity index (χ4n) is 3.28. The summed E-state index contributed by atoms with van der Waals surface area (Å²) in [6.45, 7) is 0. The summed E-state index contributed by atoms with van der Waals surface area (Å²) in [5, 5.41) is -0.0933. The second kappa shape index (κ2) is 4.77. The third-order valence-corrected chi connectivity index (χ3v) is 9.02. The molecule has 0 saturated carbocycles. The molecule has 2 bridgehead atoms. The molecule has 3 saturated heterocycles. The van der Waals surface area contributed by atoms with Crippen molar-refractivity contribution in [2.75, 3.05) is 0 Å². The number of hydrogen-bond acceptors (Lipinski definition) is 3. The normalized spacial score (nSPS) is 42.9. The van der Waals surface area contributed by atoms with Crippen molar-refractivity contribution >= 4 is 60.2 Å². The number of alkyl halides is 3. The topological polar surface area (TPSA) is 35.5 Å². The van der Waals surface area contributed by atoms with Gasteiger partial charge in [-0.25, -0.2) is 0 Å². The van der Waals surface area contributed by atoms with Gasteiger partial charge in [0.2, 0.25) is 0 Å². The number of fused-ring (bicyclic) bond motifs is 3. The fraction of sp³-hybridized carbons (Fsp3) is 0.500. The average molecular weight is 413 g/mol. The van der Waals surface area contributed by atoms with Crippen LogP contribution in [0.3, 0.4) is 0 Å². The van der Waals surface area contributed by atoms with E-state index in [-0.39, 0.29) is 37.4 Å². The van der Waals surface area contributed by atoms with Gasteiger partial charge in [-0.05, 0) is 0 Å². The van der Waals surface area contributed by atoms with E-state index in [1.807, 2.05) is 18.2 Å². The molecule has 5 atom stereocenters. The maximum absolute atomic E-state index is 11.6. The summed E-state index contributed by atoms with van der Waals surface area (Å²) in [4.78, 5) is 11.7. The summed E-state index contributed by atoms with van der Waals surface area (Å²) in [6.07, 6.45) is 0.00139. The molecule has 0 radical (unpaired) electrons. The van der Waals surface area contributed by atoms with E-state index in [1.165, 1.54) is 4.46 Å². The van der Waals surface area contributed by atoms with Crippen molar-refractivity contribution in [3.8, 4) is 0 Å². The van der Waals surface area contributed by atoms with Crippen LogP contribution in [0.5, 0.6) is 0 Å². The van der Waals surface area contributed by atoms with E-state index in [4.69, 9.17) is 44.3 Å². The Morgan fingerprint density at radius 2 is 1.95 bits per heavy atom. The molecule has 3 heterocycles. The van der Waals surface area contributed by atoms with E-state index >= 15 is 0 Å². The molecule has 0 aromatic heterocycles. The van der Waals surface area contributed by atoms with Gasteiger partial charge in [0.15, 0.2) is 0 Å². The number of halogens is 3. The number of esters is 1. The third-order valence-electron chi connectivity index (χ3n) is 4.33. The van der Waals surface area contributed by atoms with Crippen LogP contribution in [-0.4, -0.2) is 48.4 Å². The Labute approximate surface area is 143 Å². The molecular weight excluding hydrogens is 401 g/mol. The van der Waals surface area contributed by atoms with Gasteiger partial charge in [-0.1, -0.05) is 0 Å². The Balaban J connectivity index is 1.63. The monoisotopic (exact) mass is 412 g/mol. The molecule has 0 amide bonds. The van der Waals surface area contributed by atoms with Gasteiger partial charge in [0.1, 0.15) is 0 Å². The van der Waals surface area contributed by atoms with Crippen molar-refractivity contribution in [3.05, 3.63) is 30.3 Å². The van der Waals surface area contributed by atoms with Crippen LogP contribution in [-0.2, 0) is 14.3 Å². The maximum atomic E-state index is 11.6. The molecular formula is C14H11Cl3O3Se. The number of rotatable bonds is 2. The summed E-state index contributed by atoms with van der Waals surface area (Å²) in [5.74, 6) is -0.584. The average Bonchev–Trinajstić information content (AvgIpc) is 2.99. The molecule has 0 aliphatic carbocycles. The third kappa shape index (κ3) is 1.87. The molecule has 3 aliphatic heterocycles. The summed E-state index contributed by atoms with van der Waals surface area (Å²) in [6, 6.07) is 10.1. The molecule has 4 rings (SSSR count). The van der Waals surface area contributed by atoms with Gasteiger partial charge in [-0.2, -0.15) is 0 Å². The van der Waals surface area contributed by atoms with Crippen LogP contribution in [0.15, 0.2) is 30.3 Å². The van der Waals surface area contributed by atoms with Gasteiger partial charge in [0.25, 0.3) is 0 Å². The van der Waals surface area contributed by atoms with E-state index in [0.29, 0.717) is 6.42 Å². The van der Waals surface area contributed by atoms with Gasteiger partial charge in [0.05, 0.1) is 0 Å². The molecule has 0 N–H and O–H groups in total. The predicted molar refractivity (Wildman–Crippen MR) is 81.8 cm³/mol. The summed E-state index contributed by atoms with van der Waals surface area (Å²) in [5.41, 5.74) is -0.926. The van der Waals surface area contributed by atoms with E-state index < -0.39 is 15.9 Å². The number of carbonyl (C=O) groups excluding carboxylic acids is 1. The van der Waals surface area contributed by atoms with Gasteiger partial charge in [-0.3, -0.25) is 0 Å². The first kappa shape index (κ1) is 14.6. The first-order valence-electron chi connectivity index (χ1n) is 6.58. The van der Waals surface area contributed by atoms with Gasteiger partial charge in [0, 0.05) is 0 Å². The van der Waals surface area contributed by atoms with Crippen LogP contribution in [0.2, 0.25) is 4.82 Å². The number of carbonyl (C=O) groups is 1. The quantitative estimate of drug-likeness (QED) is 0.424. The summed E-state index contributed by atoms with van der Waals surface area (Å²) < 4.78 is 11.0. The van der Waals surface area contributed by atoms with E-state index in [9.17, 15) is 4.79 Å². The van der Waals surface area contributed by atoms with Crippen LogP contribution in [0.4, 0.5) is 0 Å². The van der Waals surface area contributed by atoms with Crippen molar-refractivity contribution < 1.29 is 14.3 Å². The van der Waals surface area contributed by atoms with Gasteiger partial charge >= 0.3 is 144 Å². The van der Waals surface area contributed by atoms with Crippen LogP contribution >= 0.6 is 34.8 Å². The number of benzene rings is 1. The van der Waals surface area contributed by atoms with Gasteiger partial charge < -0.3 is 0 Å². The van der Waals surface area contributed by atoms with Crippen LogP contribution < -0.4 is 4.46 Å². The molecule has 3 aliphatic rings. The Bertz CT molecular complexity index is 596. The zero-order valence-corrected chi connectivity index (χ0v) is 14.7. The fourth-order valence-corrected chi connectivity index (χ4v) is 7.17. The Hall–Kier alpha value is 0.0395. The van der Waals surface area contributed by atoms with Crippen molar-refractivity contribution in [2.45, 2.75) is 38.8 Å². The molecule has 3 nitrogen and oxygen atoms in total. The van der Waals surface area contributed by atoms with Crippen molar-refractivity contribution in [2.24, 2.45) is 0 Å². The second-order valence-electron chi connectivity index (χ2n) is 5.49. The van der Waals surface area contributed by atoms with Crippen LogP contribution in [0.1, 0.15) is 6.42 Å². The SMILES string of the molecule is O=C1O[C@]2(C[C@@H]3O[C@H]2[C@@H]([Se]c2ccccc2)[C@@H]3Cl)C1(Cl)Cl. The number of hydrogen-bond donors (Lipinski definition) is 0. The summed E-state index contributed by atoms with van der Waals surface area (Å²) >= 11 is 19.0. The minimum atomic E-state index is -1.52. The molecule has 3 fully saturated rings. The Morgan fingerprint density at radius 3 is 2.52 bits per heavy atom. The molecule has 1 aromatic rings. The van der Waals surface area contributed by atoms with E-state index in [0.717, 1.165) is 0 Å². The van der Waals surface area contributed by atoms with Crippen LogP contribution in [0, 0.1) is 0 Å². The molecule has 1 spiro atoms. The molecule has 21 heavy (non-hydrogen) atoms. The zero-order chi connectivity index (χ0) is 14.8. The summed E-state index contributed by atoms with van der Waals surface area (Å²) in [7, 11) is 0. The molecule has 1 aromatic carbocycles. The number of ether oxygens (including phenoxy) is 2. The predicted octanol–water partition coefficient (Wildman–Crippen LogP) is 2.05. The second-order valence-corrected chi connectivity index (χ2v) is 9.95. The first-order chi connectivity index (χ1) is 9.96. The van der Waals surface area contributed by atoms with Crippen molar-refractivity contribution in [1.82, 2.24) is 0 Å². The van der Waals surface area contributed by atoms with E-state index in [2.05, 4.69) is 12.1 Å². The van der Waals surface area contributed by atoms with Crippen LogP contribution in [0.25, 0.3) is 0 Å². The standard InChI is InChI=1S/C14H11Cl3O3Se/c15-9-8-6-13(14(16,17)12(18)20-13)11(19-8)10(9)21-7-4-2-1-3-5-7/h1-5,8-11H,6H2/t8-,9+,10-,11-,13-/m0/s1. The first-order valence-corrected chi connectivity index (χ1v) is 9.62. The Morgan fingerprint density at radius 1 is 1.24 bits per heavy atom. The molecule has 0 unspecified atom stereocenters. The van der Waals surface area contributed by atoms with Crippen molar-refractivity contribution in [3.63, 3.8) is 0 Å². The Kier molecular flexibility index (Phi) is 3.32. The minimum absolute atomic E-state index is 0.0882. The molecule has 7 heteroatoms. The van der Waals surface area contributed by atoms with Gasteiger partial charge in [-0.15, -0.1) is 0 Å².